The molecule has 5 rings (SSSR count). The first-order valence-corrected chi connectivity index (χ1v) is 9.94. The fourth-order valence-electron chi connectivity index (χ4n) is 2.87. The number of carbonyl (C=O) groups excluding carboxylic acids is 2. The van der Waals surface area contributed by atoms with E-state index in [9.17, 15) is 19.8 Å². The van der Waals surface area contributed by atoms with Gasteiger partial charge >= 0.3 is 17.1 Å². The Morgan fingerprint density at radius 2 is 0.914 bits per heavy atom. The van der Waals surface area contributed by atoms with Gasteiger partial charge in [0.15, 0.2) is 0 Å². The molecule has 179 valence electrons. The van der Waals surface area contributed by atoms with Gasteiger partial charge in [-0.2, -0.15) is 0 Å². The standard InChI is InChI=1S/C12H8N2.2C7H6O3.Cu/c1-3-9-5-6-10-4-2-8-14-12(10)11(9)13-7-1;2*8-6-3-1-5(2-4-6)7(9)10;/h1-8H;2*1-4,8H,(H,9,10);/q;;;+2/p-2. The molecule has 9 heteroatoms. The summed E-state index contributed by atoms with van der Waals surface area (Å²) in [6.07, 6.45) is 3.60. The number of carbonyl (C=O) groups is 2. The van der Waals surface area contributed by atoms with E-state index in [2.05, 4.69) is 34.2 Å². The predicted octanol–water partition coefficient (Wildman–Crippen LogP) is 2.29. The number of phenolic OH excluding ortho intramolecular Hbond substituents is 2. The second-order valence-electron chi connectivity index (χ2n) is 6.88. The minimum absolute atomic E-state index is 0. The van der Waals surface area contributed by atoms with Crippen LogP contribution in [0.3, 0.4) is 0 Å². The van der Waals surface area contributed by atoms with Crippen molar-refractivity contribution in [1.29, 1.82) is 0 Å². The fourth-order valence-corrected chi connectivity index (χ4v) is 2.87. The number of fused-ring (bicyclic) bond motifs is 3. The molecule has 0 atom stereocenters. The van der Waals surface area contributed by atoms with Crippen LogP contribution in [0.1, 0.15) is 20.7 Å². The molecule has 0 fully saturated rings. The molecule has 0 spiro atoms. The second-order valence-corrected chi connectivity index (χ2v) is 6.88. The van der Waals surface area contributed by atoms with Crippen molar-refractivity contribution >= 4 is 33.7 Å². The molecule has 8 nitrogen and oxygen atoms in total. The summed E-state index contributed by atoms with van der Waals surface area (Å²) in [6.45, 7) is 0. The van der Waals surface area contributed by atoms with Crippen LogP contribution in [0.25, 0.3) is 21.8 Å². The summed E-state index contributed by atoms with van der Waals surface area (Å²) in [5.41, 5.74) is 2.09. The zero-order valence-electron chi connectivity index (χ0n) is 18.0. The quantitative estimate of drug-likeness (QED) is 0.268. The second kappa shape index (κ2) is 12.7. The number of aromatic hydroxyl groups is 2. The van der Waals surface area contributed by atoms with Gasteiger partial charge in [0, 0.05) is 23.2 Å². The number of hydrogen-bond donors (Lipinski definition) is 2. The van der Waals surface area contributed by atoms with E-state index in [4.69, 9.17) is 10.2 Å². The number of nitrogens with zero attached hydrogens (tertiary/aromatic N) is 2. The van der Waals surface area contributed by atoms with Crippen LogP contribution >= 0.6 is 0 Å². The van der Waals surface area contributed by atoms with E-state index in [1.165, 1.54) is 48.5 Å². The van der Waals surface area contributed by atoms with Crippen molar-refractivity contribution in [2.45, 2.75) is 0 Å². The maximum Gasteiger partial charge on any atom is 2.00 e. The normalized spacial score (nSPS) is 9.60. The third kappa shape index (κ3) is 7.53. The molecule has 0 saturated carbocycles. The number of aromatic carboxylic acids is 2. The number of benzene rings is 3. The summed E-state index contributed by atoms with van der Waals surface area (Å²) < 4.78 is 0. The smallest absolute Gasteiger partial charge is 0.545 e. The molecule has 0 amide bonds. The first-order valence-electron chi connectivity index (χ1n) is 9.94. The molecule has 5 aromatic rings. The van der Waals surface area contributed by atoms with Crippen molar-refractivity contribution in [3.63, 3.8) is 0 Å². The molecule has 2 N–H and O–H groups in total. The molecular formula is C26H18CuN2O6. The van der Waals surface area contributed by atoms with Gasteiger partial charge < -0.3 is 30.0 Å². The van der Waals surface area contributed by atoms with Gasteiger partial charge in [0.2, 0.25) is 0 Å². The summed E-state index contributed by atoms with van der Waals surface area (Å²) in [5, 5.41) is 40.0. The number of carboxylic acids is 2. The first-order chi connectivity index (χ1) is 16.3. The van der Waals surface area contributed by atoms with E-state index in [1.54, 1.807) is 12.4 Å². The molecule has 0 unspecified atom stereocenters. The SMILES string of the molecule is O=C([O-])c1ccc(O)cc1.O=C([O-])c1ccc(O)cc1.[Cu+2].c1cnc2c(c1)ccc1cccnc12. The molecule has 0 saturated heterocycles. The van der Waals surface area contributed by atoms with Crippen LogP contribution in [0.4, 0.5) is 0 Å². The zero-order valence-corrected chi connectivity index (χ0v) is 18.9. The summed E-state index contributed by atoms with van der Waals surface area (Å²) in [4.78, 5) is 28.9. The third-order valence-electron chi connectivity index (χ3n) is 4.55. The van der Waals surface area contributed by atoms with Gasteiger partial charge in [-0.1, -0.05) is 24.3 Å². The summed E-state index contributed by atoms with van der Waals surface area (Å²) in [5.74, 6) is -2.38. The Morgan fingerprint density at radius 1 is 0.571 bits per heavy atom. The zero-order chi connectivity index (χ0) is 24.5. The van der Waals surface area contributed by atoms with Crippen molar-refractivity contribution in [2.24, 2.45) is 0 Å². The Morgan fingerprint density at radius 3 is 1.23 bits per heavy atom. The maximum atomic E-state index is 10.1. The van der Waals surface area contributed by atoms with Crippen molar-refractivity contribution in [2.75, 3.05) is 0 Å². The van der Waals surface area contributed by atoms with E-state index >= 15 is 0 Å². The molecule has 0 aliphatic heterocycles. The minimum Gasteiger partial charge on any atom is -0.545 e. The molecule has 1 radical (unpaired) electrons. The van der Waals surface area contributed by atoms with Gasteiger partial charge in [0.25, 0.3) is 0 Å². The summed E-state index contributed by atoms with van der Waals surface area (Å²) >= 11 is 0. The predicted molar refractivity (Wildman–Crippen MR) is 122 cm³/mol. The van der Waals surface area contributed by atoms with Crippen molar-refractivity contribution < 1.29 is 47.1 Å². The third-order valence-corrected chi connectivity index (χ3v) is 4.55. The molecular weight excluding hydrogens is 500 g/mol. The van der Waals surface area contributed by atoms with Gasteiger partial charge in [-0.05, 0) is 71.8 Å². The number of carboxylic acid groups (broad SMARTS) is 2. The largest absolute Gasteiger partial charge is 2.00 e. The number of hydrogen-bond acceptors (Lipinski definition) is 8. The van der Waals surface area contributed by atoms with E-state index in [1.807, 2.05) is 12.1 Å². The molecule has 2 aromatic heterocycles. The van der Waals surface area contributed by atoms with Crippen molar-refractivity contribution in [3.05, 3.63) is 108 Å². The number of rotatable bonds is 2. The molecule has 0 aliphatic rings. The number of pyridine rings is 2. The van der Waals surface area contributed by atoms with E-state index in [0.29, 0.717) is 0 Å². The van der Waals surface area contributed by atoms with Crippen LogP contribution in [-0.2, 0) is 17.1 Å². The van der Waals surface area contributed by atoms with Gasteiger partial charge in [-0.25, -0.2) is 0 Å². The van der Waals surface area contributed by atoms with Crippen LogP contribution in [-0.4, -0.2) is 32.1 Å². The van der Waals surface area contributed by atoms with Gasteiger partial charge in [0.05, 0.1) is 23.0 Å². The summed E-state index contributed by atoms with van der Waals surface area (Å²) in [6, 6.07) is 22.5. The number of phenols is 2. The average Bonchev–Trinajstić information content (AvgIpc) is 2.85. The van der Waals surface area contributed by atoms with Gasteiger partial charge in [-0.15, -0.1) is 0 Å². The van der Waals surface area contributed by atoms with E-state index < -0.39 is 11.9 Å². The molecule has 0 bridgehead atoms. The van der Waals surface area contributed by atoms with Gasteiger partial charge in [-0.3, -0.25) is 9.97 Å². The Balaban J connectivity index is 0.000000187. The average molecular weight is 518 g/mol. The first kappa shape index (κ1) is 26.8. The van der Waals surface area contributed by atoms with E-state index in [0.717, 1.165) is 21.8 Å². The van der Waals surface area contributed by atoms with E-state index in [-0.39, 0.29) is 39.7 Å². The Labute approximate surface area is 210 Å². The topological polar surface area (TPSA) is 146 Å². The fraction of sp³-hybridized carbons (Fsp3) is 0. The van der Waals surface area contributed by atoms with Crippen molar-refractivity contribution in [3.8, 4) is 11.5 Å². The van der Waals surface area contributed by atoms with Crippen LogP contribution in [0.5, 0.6) is 11.5 Å². The van der Waals surface area contributed by atoms with Crippen LogP contribution < -0.4 is 10.2 Å². The van der Waals surface area contributed by atoms with Crippen LogP contribution in [0.15, 0.2) is 97.3 Å². The molecule has 2 heterocycles. The molecule has 0 aliphatic carbocycles. The Kier molecular flexibility index (Phi) is 9.71. The minimum atomic E-state index is -1.24. The maximum absolute atomic E-state index is 10.1. The number of aromatic nitrogens is 2. The van der Waals surface area contributed by atoms with Crippen LogP contribution in [0, 0.1) is 0 Å². The Hall–Kier alpha value is -4.46. The summed E-state index contributed by atoms with van der Waals surface area (Å²) in [7, 11) is 0. The Bertz CT molecular complexity index is 1310. The van der Waals surface area contributed by atoms with Crippen LogP contribution in [0.2, 0.25) is 0 Å². The van der Waals surface area contributed by atoms with Gasteiger partial charge in [0.1, 0.15) is 11.5 Å². The monoisotopic (exact) mass is 517 g/mol. The molecule has 3 aromatic carbocycles. The van der Waals surface area contributed by atoms with Crippen molar-refractivity contribution in [1.82, 2.24) is 9.97 Å². The molecule has 35 heavy (non-hydrogen) atoms.